The molecule has 0 bridgehead atoms. The van der Waals surface area contributed by atoms with Crippen LogP contribution in [0.1, 0.15) is 60.5 Å². The predicted molar refractivity (Wildman–Crippen MR) is 103 cm³/mol. The van der Waals surface area contributed by atoms with E-state index < -0.39 is 41.1 Å². The van der Waals surface area contributed by atoms with E-state index in [1.165, 1.54) is 19.2 Å². The molecule has 0 saturated carbocycles. The van der Waals surface area contributed by atoms with Crippen LogP contribution in [0.5, 0.6) is 0 Å². The second-order valence-corrected chi connectivity index (χ2v) is 8.95. The molecule has 1 heterocycles. The van der Waals surface area contributed by atoms with Gasteiger partial charge in [-0.15, -0.1) is 0 Å². The second-order valence-electron chi connectivity index (χ2n) is 8.59. The summed E-state index contributed by atoms with van der Waals surface area (Å²) < 4.78 is 10.7. The number of nitrogens with zero attached hydrogens (tertiary/aromatic N) is 1. The molecule has 0 aliphatic rings. The molecule has 0 aliphatic carbocycles. The number of hydrogen-bond acceptors (Lipinski definition) is 7. The first-order valence-corrected chi connectivity index (χ1v) is 9.00. The molecular weight excluding hydrogens is 372 g/mol. The van der Waals surface area contributed by atoms with Crippen molar-refractivity contribution in [2.45, 2.75) is 71.7 Å². The summed E-state index contributed by atoms with van der Waals surface area (Å²) in [5, 5.41) is 11.2. The minimum absolute atomic E-state index is 0.0576. The van der Waals surface area contributed by atoms with Crippen LogP contribution in [0, 0.1) is 5.92 Å². The SMILES string of the molecule is CC(C)(C)OC(=O)CC(C(=O)OC(C)(C)C)C(C)(O)c1c(N)ccnc1Cl. The van der Waals surface area contributed by atoms with Crippen LogP contribution in [0.4, 0.5) is 5.69 Å². The van der Waals surface area contributed by atoms with E-state index >= 15 is 0 Å². The Balaban J connectivity index is 3.34. The summed E-state index contributed by atoms with van der Waals surface area (Å²) in [7, 11) is 0. The zero-order chi connectivity index (χ0) is 21.2. The number of anilines is 1. The highest BCUT2D eigenvalue weighted by molar-refractivity contribution is 6.30. The molecule has 8 heteroatoms. The number of aromatic nitrogens is 1. The zero-order valence-corrected chi connectivity index (χ0v) is 17.7. The minimum Gasteiger partial charge on any atom is -0.460 e. The quantitative estimate of drug-likeness (QED) is 0.576. The van der Waals surface area contributed by atoms with Crippen LogP contribution in [0.25, 0.3) is 0 Å². The van der Waals surface area contributed by atoms with Crippen LogP contribution in [0.2, 0.25) is 5.15 Å². The summed E-state index contributed by atoms with van der Waals surface area (Å²) in [4.78, 5) is 29.1. The van der Waals surface area contributed by atoms with E-state index in [0.717, 1.165) is 0 Å². The molecule has 0 aromatic carbocycles. The summed E-state index contributed by atoms with van der Waals surface area (Å²) in [6, 6.07) is 1.45. The third-order valence-corrected chi connectivity index (χ3v) is 3.89. The fourth-order valence-electron chi connectivity index (χ4n) is 2.56. The van der Waals surface area contributed by atoms with Crippen molar-refractivity contribution in [1.29, 1.82) is 0 Å². The van der Waals surface area contributed by atoms with Crippen molar-refractivity contribution in [2.75, 3.05) is 5.73 Å². The first-order chi connectivity index (χ1) is 12.0. The molecule has 1 aromatic rings. The number of pyridine rings is 1. The van der Waals surface area contributed by atoms with E-state index in [4.69, 9.17) is 26.8 Å². The van der Waals surface area contributed by atoms with Crippen LogP contribution in [-0.2, 0) is 24.7 Å². The van der Waals surface area contributed by atoms with Gasteiger partial charge in [0, 0.05) is 17.4 Å². The maximum absolute atomic E-state index is 12.8. The molecule has 3 N–H and O–H groups in total. The lowest BCUT2D eigenvalue weighted by Gasteiger charge is -2.34. The molecule has 0 radical (unpaired) electrons. The fraction of sp³-hybridized carbons (Fsp3) is 0.632. The van der Waals surface area contributed by atoms with Gasteiger partial charge in [-0.25, -0.2) is 4.98 Å². The average molecular weight is 401 g/mol. The van der Waals surface area contributed by atoms with Gasteiger partial charge in [0.25, 0.3) is 0 Å². The number of ether oxygens (including phenoxy) is 2. The standard InChI is InChI=1S/C19H29ClN2O5/c1-17(2,3)26-13(23)10-11(16(24)27-18(4,5)6)19(7,25)14-12(21)8-9-22-15(14)20/h8-9,11,25H,10H2,1-7H3,(H2,21,22). The molecule has 7 nitrogen and oxygen atoms in total. The maximum atomic E-state index is 12.8. The van der Waals surface area contributed by atoms with Gasteiger partial charge in [-0.2, -0.15) is 0 Å². The Bertz CT molecular complexity index is 685. The number of esters is 2. The molecule has 0 aliphatic heterocycles. The van der Waals surface area contributed by atoms with Crippen molar-refractivity contribution in [2.24, 2.45) is 5.92 Å². The lowest BCUT2D eigenvalue weighted by atomic mass is 9.80. The van der Waals surface area contributed by atoms with Crippen molar-refractivity contribution in [3.05, 3.63) is 23.0 Å². The van der Waals surface area contributed by atoms with Crippen LogP contribution >= 0.6 is 11.6 Å². The van der Waals surface area contributed by atoms with E-state index in [1.807, 2.05) is 0 Å². The van der Waals surface area contributed by atoms with Crippen molar-refractivity contribution < 1.29 is 24.2 Å². The Morgan fingerprint density at radius 2 is 1.67 bits per heavy atom. The Morgan fingerprint density at radius 1 is 1.15 bits per heavy atom. The van der Waals surface area contributed by atoms with Crippen molar-refractivity contribution in [3.8, 4) is 0 Å². The molecule has 2 unspecified atom stereocenters. The molecule has 152 valence electrons. The highest BCUT2D eigenvalue weighted by Crippen LogP contribution is 2.40. The highest BCUT2D eigenvalue weighted by Gasteiger charge is 2.45. The number of nitrogens with two attached hydrogens (primary N) is 1. The first kappa shape index (κ1) is 23.2. The van der Waals surface area contributed by atoms with E-state index in [1.54, 1.807) is 41.5 Å². The summed E-state index contributed by atoms with van der Waals surface area (Å²) in [5.74, 6) is -2.72. The summed E-state index contributed by atoms with van der Waals surface area (Å²) >= 11 is 6.12. The van der Waals surface area contributed by atoms with Gasteiger partial charge in [-0.05, 0) is 54.5 Å². The molecule has 0 saturated heterocycles. The lowest BCUT2D eigenvalue weighted by Crippen LogP contribution is -2.43. The molecule has 0 amide bonds. The van der Waals surface area contributed by atoms with E-state index in [2.05, 4.69) is 4.98 Å². The number of carbonyl (C=O) groups excluding carboxylic acids is 2. The Labute approximate surface area is 165 Å². The van der Waals surface area contributed by atoms with Gasteiger partial charge in [0.1, 0.15) is 27.9 Å². The second kappa shape index (κ2) is 8.02. The van der Waals surface area contributed by atoms with Crippen LogP contribution in [0.3, 0.4) is 0 Å². The Morgan fingerprint density at radius 3 is 2.11 bits per heavy atom. The van der Waals surface area contributed by atoms with Gasteiger partial charge < -0.3 is 20.3 Å². The summed E-state index contributed by atoms with van der Waals surface area (Å²) in [6.07, 6.45) is 0.970. The number of halogens is 1. The predicted octanol–water partition coefficient (Wildman–Crippen LogP) is 3.21. The van der Waals surface area contributed by atoms with E-state index in [9.17, 15) is 14.7 Å². The molecule has 1 rings (SSSR count). The average Bonchev–Trinajstić information content (AvgIpc) is 2.40. The topological polar surface area (TPSA) is 112 Å². The largest absolute Gasteiger partial charge is 0.460 e. The number of carbonyl (C=O) groups is 2. The lowest BCUT2D eigenvalue weighted by molar-refractivity contribution is -0.177. The summed E-state index contributed by atoms with van der Waals surface area (Å²) in [6.45, 7) is 11.6. The van der Waals surface area contributed by atoms with Crippen LogP contribution in [-0.4, -0.2) is 33.2 Å². The fourth-order valence-corrected chi connectivity index (χ4v) is 2.92. The third-order valence-electron chi connectivity index (χ3n) is 3.60. The van der Waals surface area contributed by atoms with Gasteiger partial charge in [0.2, 0.25) is 0 Å². The Kier molecular flexibility index (Phi) is 6.89. The van der Waals surface area contributed by atoms with Crippen molar-refractivity contribution >= 4 is 29.2 Å². The molecule has 2 atom stereocenters. The number of aliphatic hydroxyl groups is 1. The van der Waals surface area contributed by atoms with Gasteiger partial charge in [0.15, 0.2) is 0 Å². The molecule has 0 fully saturated rings. The van der Waals surface area contributed by atoms with Gasteiger partial charge in [-0.3, -0.25) is 9.59 Å². The maximum Gasteiger partial charge on any atom is 0.313 e. The molecule has 27 heavy (non-hydrogen) atoms. The number of rotatable bonds is 5. The zero-order valence-electron chi connectivity index (χ0n) is 16.9. The molecule has 1 aromatic heterocycles. The monoisotopic (exact) mass is 400 g/mol. The van der Waals surface area contributed by atoms with Crippen LogP contribution < -0.4 is 5.73 Å². The molecule has 0 spiro atoms. The normalized spacial score (nSPS) is 15.6. The van der Waals surface area contributed by atoms with Gasteiger partial charge in [0.05, 0.1) is 6.42 Å². The van der Waals surface area contributed by atoms with E-state index in [0.29, 0.717) is 0 Å². The molecular formula is C19H29ClN2O5. The van der Waals surface area contributed by atoms with Crippen molar-refractivity contribution in [3.63, 3.8) is 0 Å². The first-order valence-electron chi connectivity index (χ1n) is 8.62. The van der Waals surface area contributed by atoms with Crippen molar-refractivity contribution in [1.82, 2.24) is 4.98 Å². The minimum atomic E-state index is -1.91. The number of hydrogen-bond donors (Lipinski definition) is 2. The van der Waals surface area contributed by atoms with Gasteiger partial charge in [-0.1, -0.05) is 11.6 Å². The van der Waals surface area contributed by atoms with E-state index in [-0.39, 0.29) is 16.4 Å². The Hall–Kier alpha value is -1.86. The number of nitrogen functional groups attached to an aromatic ring is 1. The third kappa shape index (κ3) is 6.66. The summed E-state index contributed by atoms with van der Waals surface area (Å²) in [5.41, 5.74) is 2.70. The smallest absolute Gasteiger partial charge is 0.313 e. The highest BCUT2D eigenvalue weighted by atomic mass is 35.5. The van der Waals surface area contributed by atoms with Crippen LogP contribution in [0.15, 0.2) is 12.3 Å². The van der Waals surface area contributed by atoms with Gasteiger partial charge >= 0.3 is 11.9 Å².